The van der Waals surface area contributed by atoms with Crippen LogP contribution in [-0.2, 0) is 0 Å². The zero-order valence-electron chi connectivity index (χ0n) is 9.74. The summed E-state index contributed by atoms with van der Waals surface area (Å²) in [5.74, 6) is 0.390. The van der Waals surface area contributed by atoms with Gasteiger partial charge in [-0.25, -0.2) is 0 Å². The van der Waals surface area contributed by atoms with Gasteiger partial charge in [0.1, 0.15) is 0 Å². The van der Waals surface area contributed by atoms with Crippen molar-refractivity contribution in [3.8, 4) is 0 Å². The number of anilines is 2. The number of aryl methyl sites for hydroxylation is 1. The van der Waals surface area contributed by atoms with E-state index in [1.54, 1.807) is 0 Å². The molecule has 0 amide bonds. The van der Waals surface area contributed by atoms with Gasteiger partial charge in [0, 0.05) is 29.9 Å². The Morgan fingerprint density at radius 3 is 3.00 bits per heavy atom. The van der Waals surface area contributed by atoms with E-state index in [0.29, 0.717) is 12.0 Å². The van der Waals surface area contributed by atoms with E-state index in [4.69, 9.17) is 5.73 Å². The van der Waals surface area contributed by atoms with Crippen LogP contribution in [0.15, 0.2) is 18.2 Å². The maximum absolute atomic E-state index is 9.27. The molecule has 4 N–H and O–H groups in total. The molecule has 0 aromatic heterocycles. The van der Waals surface area contributed by atoms with Crippen LogP contribution >= 0.6 is 0 Å². The minimum absolute atomic E-state index is 0.277. The Balaban J connectivity index is 2.11. The third kappa shape index (κ3) is 2.30. The number of nitrogens with one attached hydrogen (secondary N) is 1. The lowest BCUT2D eigenvalue weighted by Gasteiger charge is -2.21. The van der Waals surface area contributed by atoms with Gasteiger partial charge in [0.2, 0.25) is 0 Å². The first-order valence-electron chi connectivity index (χ1n) is 5.94. The molecule has 2 atom stereocenters. The number of rotatable bonds is 3. The Hall–Kier alpha value is -1.22. The highest BCUT2D eigenvalue weighted by Gasteiger charge is 2.26. The van der Waals surface area contributed by atoms with Crippen LogP contribution in [0.2, 0.25) is 0 Å². The van der Waals surface area contributed by atoms with E-state index in [-0.39, 0.29) is 6.61 Å². The molecular weight excluding hydrogens is 200 g/mol. The lowest BCUT2D eigenvalue weighted by atomic mass is 10.0. The lowest BCUT2D eigenvalue weighted by Crippen LogP contribution is -2.26. The summed E-state index contributed by atoms with van der Waals surface area (Å²) in [4.78, 5) is 0. The van der Waals surface area contributed by atoms with E-state index in [2.05, 4.69) is 12.2 Å². The third-order valence-electron chi connectivity index (χ3n) is 3.50. The second kappa shape index (κ2) is 4.74. The minimum atomic E-state index is 0.277. The summed E-state index contributed by atoms with van der Waals surface area (Å²) < 4.78 is 0. The average Bonchev–Trinajstić information content (AvgIpc) is 2.71. The fraction of sp³-hybridized carbons (Fsp3) is 0.538. The summed E-state index contributed by atoms with van der Waals surface area (Å²) in [6.07, 6.45) is 3.46. The van der Waals surface area contributed by atoms with Crippen molar-refractivity contribution in [3.63, 3.8) is 0 Å². The van der Waals surface area contributed by atoms with Crippen molar-refractivity contribution in [1.29, 1.82) is 0 Å². The van der Waals surface area contributed by atoms with E-state index < -0.39 is 0 Å². The summed E-state index contributed by atoms with van der Waals surface area (Å²) in [6, 6.07) is 6.31. The summed E-state index contributed by atoms with van der Waals surface area (Å²) in [5, 5.41) is 12.8. The molecule has 88 valence electrons. The van der Waals surface area contributed by atoms with Crippen LogP contribution in [-0.4, -0.2) is 17.8 Å². The van der Waals surface area contributed by atoms with Gasteiger partial charge in [0.15, 0.2) is 0 Å². The van der Waals surface area contributed by atoms with Crippen LogP contribution in [0, 0.1) is 12.8 Å². The Labute approximate surface area is 96.7 Å². The highest BCUT2D eigenvalue weighted by Crippen LogP contribution is 2.29. The molecule has 1 aromatic carbocycles. The molecule has 0 aliphatic heterocycles. The van der Waals surface area contributed by atoms with Gasteiger partial charge >= 0.3 is 0 Å². The largest absolute Gasteiger partial charge is 0.399 e. The molecule has 3 heteroatoms. The number of aliphatic hydroxyl groups excluding tert-OH is 1. The predicted octanol–water partition coefficient (Wildman–Crippen LogP) is 2.15. The topological polar surface area (TPSA) is 58.3 Å². The van der Waals surface area contributed by atoms with E-state index in [0.717, 1.165) is 24.2 Å². The molecule has 16 heavy (non-hydrogen) atoms. The van der Waals surface area contributed by atoms with Crippen molar-refractivity contribution < 1.29 is 5.11 Å². The fourth-order valence-corrected chi connectivity index (χ4v) is 2.44. The first-order chi connectivity index (χ1) is 7.70. The number of nitrogens with two attached hydrogens (primary N) is 1. The van der Waals surface area contributed by atoms with E-state index in [1.807, 2.05) is 18.2 Å². The molecule has 1 aliphatic carbocycles. The average molecular weight is 220 g/mol. The number of hydrogen-bond acceptors (Lipinski definition) is 3. The zero-order chi connectivity index (χ0) is 11.5. The SMILES string of the molecule is Cc1ccc(N)cc1NC1CCCC1CO. The summed E-state index contributed by atoms with van der Waals surface area (Å²) >= 11 is 0. The molecule has 3 nitrogen and oxygen atoms in total. The summed E-state index contributed by atoms with van der Waals surface area (Å²) in [6.45, 7) is 2.35. The lowest BCUT2D eigenvalue weighted by molar-refractivity contribution is 0.222. The van der Waals surface area contributed by atoms with Gasteiger partial charge < -0.3 is 16.2 Å². The standard InChI is InChI=1S/C13H20N2O/c1-9-5-6-11(14)7-13(9)15-12-4-2-3-10(12)8-16/h5-7,10,12,15-16H,2-4,8,14H2,1H3. The second-order valence-corrected chi connectivity index (χ2v) is 4.70. The monoisotopic (exact) mass is 220 g/mol. The Morgan fingerprint density at radius 1 is 1.44 bits per heavy atom. The molecule has 2 unspecified atom stereocenters. The molecule has 0 radical (unpaired) electrons. The summed E-state index contributed by atoms with van der Waals surface area (Å²) in [5.41, 5.74) is 8.87. The van der Waals surface area contributed by atoms with Crippen LogP contribution in [0.5, 0.6) is 0 Å². The van der Waals surface area contributed by atoms with Gasteiger partial charge in [-0.2, -0.15) is 0 Å². The number of aliphatic hydroxyl groups is 1. The van der Waals surface area contributed by atoms with Gasteiger partial charge in [0.05, 0.1) is 0 Å². The molecule has 0 spiro atoms. The molecule has 1 aromatic rings. The first-order valence-corrected chi connectivity index (χ1v) is 5.94. The molecule has 0 bridgehead atoms. The van der Waals surface area contributed by atoms with Gasteiger partial charge in [0.25, 0.3) is 0 Å². The minimum Gasteiger partial charge on any atom is -0.399 e. The number of nitrogen functional groups attached to an aromatic ring is 1. The molecule has 1 fully saturated rings. The number of benzene rings is 1. The van der Waals surface area contributed by atoms with Crippen molar-refractivity contribution in [3.05, 3.63) is 23.8 Å². The smallest absolute Gasteiger partial charge is 0.0478 e. The van der Waals surface area contributed by atoms with Crippen LogP contribution in [0.4, 0.5) is 11.4 Å². The Morgan fingerprint density at radius 2 is 2.25 bits per heavy atom. The molecule has 0 heterocycles. The third-order valence-corrected chi connectivity index (χ3v) is 3.50. The first kappa shape index (κ1) is 11.3. The predicted molar refractivity (Wildman–Crippen MR) is 67.4 cm³/mol. The van der Waals surface area contributed by atoms with Crippen molar-refractivity contribution >= 4 is 11.4 Å². The molecule has 1 aliphatic rings. The van der Waals surface area contributed by atoms with Crippen LogP contribution in [0.1, 0.15) is 24.8 Å². The van der Waals surface area contributed by atoms with E-state index >= 15 is 0 Å². The molecular formula is C13H20N2O. The quantitative estimate of drug-likeness (QED) is 0.684. The highest BCUT2D eigenvalue weighted by molar-refractivity contribution is 5.59. The van der Waals surface area contributed by atoms with Crippen molar-refractivity contribution in [1.82, 2.24) is 0 Å². The maximum atomic E-state index is 9.27. The van der Waals surface area contributed by atoms with Crippen LogP contribution in [0.25, 0.3) is 0 Å². The highest BCUT2D eigenvalue weighted by atomic mass is 16.3. The summed E-state index contributed by atoms with van der Waals surface area (Å²) in [7, 11) is 0. The van der Waals surface area contributed by atoms with Gasteiger partial charge in [-0.1, -0.05) is 12.5 Å². The van der Waals surface area contributed by atoms with Crippen molar-refractivity contribution in [2.24, 2.45) is 5.92 Å². The Bertz CT molecular complexity index is 365. The molecule has 2 rings (SSSR count). The van der Waals surface area contributed by atoms with Gasteiger partial charge in [-0.3, -0.25) is 0 Å². The van der Waals surface area contributed by atoms with Gasteiger partial charge in [-0.05, 0) is 37.5 Å². The fourth-order valence-electron chi connectivity index (χ4n) is 2.44. The molecule has 0 saturated heterocycles. The van der Waals surface area contributed by atoms with Crippen molar-refractivity contribution in [2.75, 3.05) is 17.7 Å². The maximum Gasteiger partial charge on any atom is 0.0478 e. The zero-order valence-corrected chi connectivity index (χ0v) is 9.74. The normalized spacial score (nSPS) is 24.6. The second-order valence-electron chi connectivity index (χ2n) is 4.70. The molecule has 1 saturated carbocycles. The Kier molecular flexibility index (Phi) is 3.34. The van der Waals surface area contributed by atoms with Crippen LogP contribution < -0.4 is 11.1 Å². The number of hydrogen-bond donors (Lipinski definition) is 3. The van der Waals surface area contributed by atoms with Gasteiger partial charge in [-0.15, -0.1) is 0 Å². The van der Waals surface area contributed by atoms with Crippen LogP contribution in [0.3, 0.4) is 0 Å². The van der Waals surface area contributed by atoms with Crippen molar-refractivity contribution in [2.45, 2.75) is 32.2 Å². The van der Waals surface area contributed by atoms with E-state index in [9.17, 15) is 5.11 Å². The van der Waals surface area contributed by atoms with E-state index in [1.165, 1.54) is 12.0 Å².